The molecule has 1 aliphatic carbocycles. The summed E-state index contributed by atoms with van der Waals surface area (Å²) in [6.45, 7) is 4.49. The first-order valence-electron chi connectivity index (χ1n) is 17.1. The van der Waals surface area contributed by atoms with Crippen LogP contribution in [0.25, 0.3) is 11.5 Å². The molecular formula is C34H66N2O5Pt. The van der Waals surface area contributed by atoms with Crippen molar-refractivity contribution in [2.75, 3.05) is 0 Å². The van der Waals surface area contributed by atoms with E-state index in [4.69, 9.17) is 11.5 Å². The van der Waals surface area contributed by atoms with Crippen LogP contribution in [0.4, 0.5) is 0 Å². The Kier molecular flexibility index (Phi) is 46.7. The fourth-order valence-electron chi connectivity index (χ4n) is 4.96. The molecule has 0 aromatic carbocycles. The number of aliphatic carboxylic acids is 2. The first-order chi connectivity index (χ1) is 19.3. The van der Waals surface area contributed by atoms with E-state index in [-0.39, 0.29) is 39.4 Å². The summed E-state index contributed by atoms with van der Waals surface area (Å²) in [6.07, 6.45) is 31.8. The van der Waals surface area contributed by atoms with Crippen molar-refractivity contribution in [3.05, 3.63) is 11.5 Å². The summed E-state index contributed by atoms with van der Waals surface area (Å²) < 4.78 is 0. The summed E-state index contributed by atoms with van der Waals surface area (Å²) >= 11 is 0. The van der Waals surface area contributed by atoms with Gasteiger partial charge >= 0.3 is 21.1 Å². The van der Waals surface area contributed by atoms with Crippen molar-refractivity contribution in [1.82, 2.24) is 0 Å². The van der Waals surface area contributed by atoms with Gasteiger partial charge in [0.15, 0.2) is 0 Å². The summed E-state index contributed by atoms with van der Waals surface area (Å²) in [7, 11) is 0. The Morgan fingerprint density at radius 2 is 0.714 bits per heavy atom. The smallest absolute Gasteiger partial charge is 0.806 e. The van der Waals surface area contributed by atoms with Gasteiger partial charge in [0.2, 0.25) is 0 Å². The second-order valence-electron chi connectivity index (χ2n) is 11.7. The molecule has 0 heterocycles. The summed E-state index contributed by atoms with van der Waals surface area (Å²) in [5.74, 6) is -1.81. The average Bonchev–Trinajstić information content (AvgIpc) is 2.92. The van der Waals surface area contributed by atoms with Crippen molar-refractivity contribution in [3.8, 4) is 0 Å². The predicted octanol–water partition coefficient (Wildman–Crippen LogP) is 8.02. The maximum absolute atomic E-state index is 10.1. The summed E-state index contributed by atoms with van der Waals surface area (Å²) in [4.78, 5) is 20.3. The maximum Gasteiger partial charge on any atom is 4.00 e. The second kappa shape index (κ2) is 40.5. The number of hydrogen-bond acceptors (Lipinski definition) is 4. The number of nitrogens with zero attached hydrogens (tertiary/aromatic N) is 2. The van der Waals surface area contributed by atoms with Gasteiger partial charge in [-0.1, -0.05) is 168 Å². The molecule has 42 heavy (non-hydrogen) atoms. The number of carboxylic acid groups (broad SMARTS) is 2. The summed E-state index contributed by atoms with van der Waals surface area (Å²) in [6, 6.07) is -0.882. The van der Waals surface area contributed by atoms with Gasteiger partial charge in [0, 0.05) is 11.9 Å². The van der Waals surface area contributed by atoms with E-state index in [1.807, 2.05) is 0 Å². The largest absolute Gasteiger partial charge is 4.00 e. The van der Waals surface area contributed by atoms with Crippen LogP contribution in [-0.4, -0.2) is 29.5 Å². The van der Waals surface area contributed by atoms with Crippen LogP contribution in [0.15, 0.2) is 0 Å². The van der Waals surface area contributed by atoms with E-state index in [1.165, 1.54) is 116 Å². The molecule has 1 fully saturated rings. The van der Waals surface area contributed by atoms with Gasteiger partial charge in [-0.15, -0.1) is 0 Å². The summed E-state index contributed by atoms with van der Waals surface area (Å²) in [5.41, 5.74) is 17.9. The zero-order valence-corrected chi connectivity index (χ0v) is 29.6. The molecular weight excluding hydrogens is 711 g/mol. The minimum atomic E-state index is -0.907. The van der Waals surface area contributed by atoms with Crippen molar-refractivity contribution in [2.45, 2.75) is 206 Å². The number of carboxylic acids is 2. The predicted molar refractivity (Wildman–Crippen MR) is 169 cm³/mol. The number of hydrogen-bond donors (Lipinski definition) is 0. The number of rotatable bonds is 24. The van der Waals surface area contributed by atoms with Crippen LogP contribution < -0.4 is 10.2 Å². The fraction of sp³-hybridized carbons (Fsp3) is 0.941. The van der Waals surface area contributed by atoms with Gasteiger partial charge in [0.25, 0.3) is 0 Å². The molecule has 0 saturated heterocycles. The third kappa shape index (κ3) is 44.0. The van der Waals surface area contributed by atoms with E-state index in [0.29, 0.717) is 0 Å². The Hall–Kier alpha value is -0.492. The monoisotopic (exact) mass is 777 g/mol. The molecule has 1 rings (SSSR count). The van der Waals surface area contributed by atoms with Crippen molar-refractivity contribution in [3.63, 3.8) is 0 Å². The molecule has 2 radical (unpaired) electrons. The van der Waals surface area contributed by atoms with E-state index in [1.54, 1.807) is 0 Å². The molecule has 252 valence electrons. The molecule has 1 aliphatic rings. The molecule has 0 spiro atoms. The minimum absolute atomic E-state index is 0. The van der Waals surface area contributed by atoms with Crippen LogP contribution in [0.5, 0.6) is 0 Å². The Balaban J connectivity index is -0.000000264. The second-order valence-corrected chi connectivity index (χ2v) is 11.7. The number of carbonyl (C=O) groups excluding carboxylic acids is 2. The van der Waals surface area contributed by atoms with Gasteiger partial charge in [-0.2, -0.15) is 12.1 Å². The summed E-state index contributed by atoms with van der Waals surface area (Å²) in [5, 5.41) is 20.3. The third-order valence-electron chi connectivity index (χ3n) is 7.66. The number of carbonyl (C=O) groups is 2. The molecule has 8 heteroatoms. The fourth-order valence-corrected chi connectivity index (χ4v) is 4.96. The maximum atomic E-state index is 10.1. The van der Waals surface area contributed by atoms with E-state index in [0.717, 1.165) is 51.4 Å². The average molecular weight is 778 g/mol. The van der Waals surface area contributed by atoms with E-state index in [2.05, 4.69) is 13.8 Å². The molecule has 2 N–H and O–H groups in total. The molecule has 0 unspecified atom stereocenters. The number of unbranched alkanes of at least 4 members (excludes halogenated alkanes) is 20. The van der Waals surface area contributed by atoms with E-state index >= 15 is 0 Å². The molecule has 0 amide bonds. The Labute approximate surface area is 274 Å². The van der Waals surface area contributed by atoms with E-state index in [9.17, 15) is 19.8 Å². The van der Waals surface area contributed by atoms with Crippen LogP contribution in [0.1, 0.15) is 194 Å². The molecule has 0 aromatic rings. The van der Waals surface area contributed by atoms with Crippen LogP contribution in [-0.2, 0) is 30.7 Å². The van der Waals surface area contributed by atoms with Gasteiger partial charge < -0.3 is 36.7 Å². The molecule has 2 atom stereocenters. The zero-order chi connectivity index (χ0) is 30.1. The molecule has 0 aliphatic heterocycles. The quantitative estimate of drug-likeness (QED) is 0.0910. The minimum Gasteiger partial charge on any atom is -0.806 e. The normalized spacial score (nSPS) is 15.6. The molecule has 0 bridgehead atoms. The van der Waals surface area contributed by atoms with Crippen LogP contribution in [0, 0.1) is 0 Å². The first-order valence-corrected chi connectivity index (χ1v) is 17.1. The van der Waals surface area contributed by atoms with E-state index < -0.39 is 24.0 Å². The van der Waals surface area contributed by atoms with Crippen molar-refractivity contribution in [2.24, 2.45) is 0 Å². The molecule has 1 saturated carbocycles. The standard InChI is InChI=1S/2C14H28O2.C6H10N2.H2O.Pt/c2*1-2-3-4-5-6-7-8-9-10-11-12-13-14(15)16;7-5-3-1-2-4-6(5)8;;/h2*2-13H2,1H3,(H,15,16);5-6H,1-4H2;1H2;/q;;-2;;+4/p-2/t;;5-,6-;;/m..1../s1. The van der Waals surface area contributed by atoms with Gasteiger partial charge in [0.05, 0.1) is 0 Å². The Morgan fingerprint density at radius 3 is 0.905 bits per heavy atom. The Morgan fingerprint density at radius 1 is 0.500 bits per heavy atom. The topological polar surface area (TPSA) is 156 Å². The van der Waals surface area contributed by atoms with Crippen LogP contribution in [0.2, 0.25) is 0 Å². The van der Waals surface area contributed by atoms with Gasteiger partial charge in [-0.25, -0.2) is 0 Å². The van der Waals surface area contributed by atoms with Crippen molar-refractivity contribution >= 4 is 11.9 Å². The van der Waals surface area contributed by atoms with Crippen molar-refractivity contribution in [1.29, 1.82) is 0 Å². The van der Waals surface area contributed by atoms with Gasteiger partial charge in [-0.05, 0) is 25.7 Å². The molecule has 7 nitrogen and oxygen atoms in total. The van der Waals surface area contributed by atoms with Crippen molar-refractivity contribution < 1.29 is 46.3 Å². The van der Waals surface area contributed by atoms with Crippen LogP contribution in [0.3, 0.4) is 0 Å². The van der Waals surface area contributed by atoms with Crippen LogP contribution >= 0.6 is 0 Å². The SMILES string of the molecule is CCCCCCCCCCCCCC(=O)[O-].CCCCCCCCCCCCCC(=O)[O-].O.[N-][C@@H]1CCCC[C@H]1[N-].[Pt+4]. The third-order valence-corrected chi connectivity index (χ3v) is 7.66. The Bertz CT molecular complexity index is 494. The first kappa shape index (κ1) is 48.4. The molecule has 0 aromatic heterocycles. The van der Waals surface area contributed by atoms with Gasteiger partial charge in [-0.3, -0.25) is 0 Å². The van der Waals surface area contributed by atoms with Gasteiger partial charge in [0.1, 0.15) is 0 Å². The zero-order valence-electron chi connectivity index (χ0n) is 27.3.